The molecule has 7 heteroatoms. The fraction of sp³-hybridized carbons (Fsp3) is 0.333. The SMILES string of the molecule is N#CCCNC(=O)c1nnc(Cl)s1. The van der Waals surface area contributed by atoms with Gasteiger partial charge in [-0.05, 0) is 11.6 Å². The van der Waals surface area contributed by atoms with Crippen LogP contribution < -0.4 is 5.32 Å². The number of halogens is 1. The summed E-state index contributed by atoms with van der Waals surface area (Å²) in [6, 6.07) is 1.91. The highest BCUT2D eigenvalue weighted by Crippen LogP contribution is 2.14. The van der Waals surface area contributed by atoms with Crippen LogP contribution in [0.3, 0.4) is 0 Å². The van der Waals surface area contributed by atoms with Gasteiger partial charge in [-0.2, -0.15) is 5.26 Å². The normalized spacial score (nSPS) is 9.23. The van der Waals surface area contributed by atoms with Crippen LogP contribution in [0, 0.1) is 11.3 Å². The first-order valence-electron chi connectivity index (χ1n) is 3.38. The lowest BCUT2D eigenvalue weighted by Crippen LogP contribution is -2.23. The molecule has 0 fully saturated rings. The minimum absolute atomic E-state index is 0.211. The summed E-state index contributed by atoms with van der Waals surface area (Å²) >= 11 is 6.48. The lowest BCUT2D eigenvalue weighted by Gasteiger charge is -1.96. The first-order chi connectivity index (χ1) is 6.24. The maximum absolute atomic E-state index is 11.2. The van der Waals surface area contributed by atoms with Crippen LogP contribution in [0.4, 0.5) is 0 Å². The van der Waals surface area contributed by atoms with Crippen molar-refractivity contribution in [1.29, 1.82) is 5.26 Å². The Morgan fingerprint density at radius 1 is 1.69 bits per heavy atom. The highest BCUT2D eigenvalue weighted by molar-refractivity contribution is 7.17. The van der Waals surface area contributed by atoms with E-state index in [1.165, 1.54) is 0 Å². The Hall–Kier alpha value is -1.19. The molecule has 1 N–H and O–H groups in total. The fourth-order valence-corrected chi connectivity index (χ4v) is 1.35. The molecule has 0 unspecified atom stereocenters. The number of amides is 1. The highest BCUT2D eigenvalue weighted by Gasteiger charge is 2.10. The van der Waals surface area contributed by atoms with Crippen molar-refractivity contribution in [2.75, 3.05) is 6.54 Å². The van der Waals surface area contributed by atoms with Crippen molar-refractivity contribution in [2.24, 2.45) is 0 Å². The summed E-state index contributed by atoms with van der Waals surface area (Å²) in [6.45, 7) is 0.312. The molecule has 1 heterocycles. The van der Waals surface area contributed by atoms with Gasteiger partial charge in [0.1, 0.15) is 0 Å². The monoisotopic (exact) mass is 216 g/mol. The molecule has 0 bridgehead atoms. The van der Waals surface area contributed by atoms with Crippen LogP contribution in [-0.4, -0.2) is 22.6 Å². The van der Waals surface area contributed by atoms with E-state index >= 15 is 0 Å². The summed E-state index contributed by atoms with van der Waals surface area (Å²) in [5.41, 5.74) is 0. The second-order valence-electron chi connectivity index (χ2n) is 2.02. The van der Waals surface area contributed by atoms with Crippen molar-refractivity contribution in [1.82, 2.24) is 15.5 Å². The minimum Gasteiger partial charge on any atom is -0.349 e. The maximum Gasteiger partial charge on any atom is 0.282 e. The van der Waals surface area contributed by atoms with Crippen molar-refractivity contribution >= 4 is 28.8 Å². The number of hydrogen-bond donors (Lipinski definition) is 1. The highest BCUT2D eigenvalue weighted by atomic mass is 35.5. The molecule has 1 rings (SSSR count). The molecule has 0 aliphatic carbocycles. The summed E-state index contributed by atoms with van der Waals surface area (Å²) in [5, 5.41) is 17.9. The Bertz CT molecular complexity index is 345. The van der Waals surface area contributed by atoms with Gasteiger partial charge in [0.2, 0.25) is 9.47 Å². The molecular formula is C6H5ClN4OS. The van der Waals surface area contributed by atoms with Gasteiger partial charge < -0.3 is 5.32 Å². The third kappa shape index (κ3) is 2.97. The zero-order valence-corrected chi connectivity index (χ0v) is 8.02. The van der Waals surface area contributed by atoms with E-state index in [0.717, 1.165) is 11.3 Å². The van der Waals surface area contributed by atoms with Crippen molar-refractivity contribution in [3.63, 3.8) is 0 Å². The van der Waals surface area contributed by atoms with Crippen LogP contribution in [0.2, 0.25) is 4.47 Å². The molecule has 0 atom stereocenters. The molecule has 0 saturated heterocycles. The van der Waals surface area contributed by atoms with E-state index in [2.05, 4.69) is 15.5 Å². The maximum atomic E-state index is 11.2. The zero-order valence-electron chi connectivity index (χ0n) is 6.45. The number of nitrogens with zero attached hydrogens (tertiary/aromatic N) is 3. The van der Waals surface area contributed by atoms with E-state index < -0.39 is 0 Å². The molecule has 1 amide bonds. The fourth-order valence-electron chi connectivity index (χ4n) is 0.605. The molecule has 1 aromatic rings. The van der Waals surface area contributed by atoms with E-state index in [-0.39, 0.29) is 21.8 Å². The smallest absolute Gasteiger partial charge is 0.282 e. The Morgan fingerprint density at radius 2 is 2.46 bits per heavy atom. The predicted molar refractivity (Wildman–Crippen MR) is 47.5 cm³/mol. The number of nitriles is 1. The second-order valence-corrected chi connectivity index (χ2v) is 3.58. The van der Waals surface area contributed by atoms with Crippen LogP contribution in [0.5, 0.6) is 0 Å². The van der Waals surface area contributed by atoms with Crippen LogP contribution in [-0.2, 0) is 0 Å². The topological polar surface area (TPSA) is 78.7 Å². The predicted octanol–water partition coefficient (Wildman–Crippen LogP) is 0.835. The van der Waals surface area contributed by atoms with Gasteiger partial charge >= 0.3 is 0 Å². The molecule has 68 valence electrons. The molecule has 0 aliphatic heterocycles. The summed E-state index contributed by atoms with van der Waals surface area (Å²) in [7, 11) is 0. The van der Waals surface area contributed by atoms with E-state index in [1.807, 2.05) is 6.07 Å². The number of hydrogen-bond acceptors (Lipinski definition) is 5. The van der Waals surface area contributed by atoms with E-state index in [0.29, 0.717) is 6.54 Å². The Labute approximate surface area is 83.3 Å². The number of carbonyl (C=O) groups is 1. The second kappa shape index (κ2) is 4.74. The number of rotatable bonds is 3. The lowest BCUT2D eigenvalue weighted by atomic mass is 10.4. The lowest BCUT2D eigenvalue weighted by molar-refractivity contribution is 0.0953. The van der Waals surface area contributed by atoms with Gasteiger partial charge in [0.25, 0.3) is 5.91 Å². The standard InChI is InChI=1S/C6H5ClN4OS/c7-6-11-10-5(13-6)4(12)9-3-1-2-8/h1,3H2,(H,9,12). The first kappa shape index (κ1) is 9.89. The molecule has 13 heavy (non-hydrogen) atoms. The molecule has 1 aromatic heterocycles. The molecule has 0 saturated carbocycles. The third-order valence-electron chi connectivity index (χ3n) is 1.12. The van der Waals surface area contributed by atoms with Gasteiger partial charge in [-0.1, -0.05) is 11.3 Å². The molecule has 0 radical (unpaired) electrons. The van der Waals surface area contributed by atoms with Gasteiger partial charge in [-0.3, -0.25) is 4.79 Å². The summed E-state index contributed by atoms with van der Waals surface area (Å²) in [5.74, 6) is -0.348. The minimum atomic E-state index is -0.348. The number of nitrogens with one attached hydrogen (secondary N) is 1. The van der Waals surface area contributed by atoms with Crippen molar-refractivity contribution in [3.05, 3.63) is 9.47 Å². The van der Waals surface area contributed by atoms with Crippen molar-refractivity contribution in [3.8, 4) is 6.07 Å². The van der Waals surface area contributed by atoms with Crippen LogP contribution in [0.1, 0.15) is 16.2 Å². The van der Waals surface area contributed by atoms with Crippen molar-refractivity contribution < 1.29 is 4.79 Å². The Balaban J connectivity index is 2.45. The average molecular weight is 217 g/mol. The van der Waals surface area contributed by atoms with E-state index in [1.54, 1.807) is 0 Å². The van der Waals surface area contributed by atoms with E-state index in [9.17, 15) is 4.79 Å². The van der Waals surface area contributed by atoms with Gasteiger partial charge in [0, 0.05) is 6.54 Å². The number of aromatic nitrogens is 2. The van der Waals surface area contributed by atoms with Crippen molar-refractivity contribution in [2.45, 2.75) is 6.42 Å². The van der Waals surface area contributed by atoms with Crippen LogP contribution in [0.25, 0.3) is 0 Å². The van der Waals surface area contributed by atoms with Crippen LogP contribution >= 0.6 is 22.9 Å². The van der Waals surface area contributed by atoms with Crippen LogP contribution in [0.15, 0.2) is 0 Å². The quantitative estimate of drug-likeness (QED) is 0.760. The summed E-state index contributed by atoms with van der Waals surface area (Å²) in [6.07, 6.45) is 0.276. The Kier molecular flexibility index (Phi) is 3.61. The number of carbonyl (C=O) groups excluding carboxylic acids is 1. The van der Waals surface area contributed by atoms with E-state index in [4.69, 9.17) is 16.9 Å². The molecule has 0 aliphatic rings. The van der Waals surface area contributed by atoms with Gasteiger partial charge in [0.05, 0.1) is 12.5 Å². The van der Waals surface area contributed by atoms with Gasteiger partial charge in [-0.25, -0.2) is 0 Å². The summed E-state index contributed by atoms with van der Waals surface area (Å²) < 4.78 is 0.227. The first-order valence-corrected chi connectivity index (χ1v) is 4.57. The molecule has 0 spiro atoms. The molecular weight excluding hydrogens is 212 g/mol. The zero-order chi connectivity index (χ0) is 9.68. The average Bonchev–Trinajstić information content (AvgIpc) is 2.52. The largest absolute Gasteiger partial charge is 0.349 e. The van der Waals surface area contributed by atoms with Gasteiger partial charge in [-0.15, -0.1) is 10.2 Å². The Morgan fingerprint density at radius 3 is 3.00 bits per heavy atom. The molecule has 0 aromatic carbocycles. The third-order valence-corrected chi connectivity index (χ3v) is 2.13. The van der Waals surface area contributed by atoms with Gasteiger partial charge in [0.15, 0.2) is 0 Å². The molecule has 5 nitrogen and oxygen atoms in total. The summed E-state index contributed by atoms with van der Waals surface area (Å²) in [4.78, 5) is 11.2.